The fourth-order valence-corrected chi connectivity index (χ4v) is 3.30. The molecule has 0 spiro atoms. The van der Waals surface area contributed by atoms with Gasteiger partial charge in [-0.05, 0) is 30.2 Å². The predicted octanol–water partition coefficient (Wildman–Crippen LogP) is 2.97. The quantitative estimate of drug-likeness (QED) is 0.642. The summed E-state index contributed by atoms with van der Waals surface area (Å²) >= 11 is 0. The number of nitrogens with zero attached hydrogens (tertiary/aromatic N) is 2. The van der Waals surface area contributed by atoms with Crippen molar-refractivity contribution in [2.45, 2.75) is 53.7 Å². The minimum absolute atomic E-state index is 0.0446. The van der Waals surface area contributed by atoms with Gasteiger partial charge in [0.05, 0.1) is 24.8 Å². The zero-order valence-electron chi connectivity index (χ0n) is 21.7. The summed E-state index contributed by atoms with van der Waals surface area (Å²) in [7, 11) is 1.27. The summed E-state index contributed by atoms with van der Waals surface area (Å²) in [5, 5.41) is 2.28. The maximum atomic E-state index is 12.8. The summed E-state index contributed by atoms with van der Waals surface area (Å²) < 4.78 is 11.0. The number of pyridine rings is 1. The Morgan fingerprint density at radius 1 is 1.28 bits per heavy atom. The Morgan fingerprint density at radius 3 is 2.58 bits per heavy atom. The molecule has 1 aromatic rings. The van der Waals surface area contributed by atoms with Crippen LogP contribution in [0.1, 0.15) is 44.5 Å². The first-order chi connectivity index (χ1) is 17.2. The normalized spacial score (nSPS) is 16.2. The van der Waals surface area contributed by atoms with Crippen molar-refractivity contribution in [3.8, 4) is 0 Å². The summed E-state index contributed by atoms with van der Waals surface area (Å²) in [6.45, 7) is 15.4. The van der Waals surface area contributed by atoms with Gasteiger partial charge in [-0.2, -0.15) is 0 Å². The monoisotopic (exact) mass is 497 g/mol. The molecular formula is C27H35N3O6. The molecule has 0 bridgehead atoms. The van der Waals surface area contributed by atoms with Gasteiger partial charge in [0, 0.05) is 31.3 Å². The Kier molecular flexibility index (Phi) is 12.6. The van der Waals surface area contributed by atoms with Gasteiger partial charge >= 0.3 is 11.9 Å². The number of aliphatic imine (C=N–C) groups is 1. The lowest BCUT2D eigenvalue weighted by atomic mass is 10.0. The largest absolute Gasteiger partial charge is 0.468 e. The molecule has 9 nitrogen and oxygen atoms in total. The molecule has 2 aliphatic heterocycles. The van der Waals surface area contributed by atoms with Crippen LogP contribution in [0.15, 0.2) is 64.6 Å². The smallest absolute Gasteiger partial charge is 0.325 e. The summed E-state index contributed by atoms with van der Waals surface area (Å²) in [5.74, 6) is -0.972. The maximum Gasteiger partial charge on any atom is 0.325 e. The number of esters is 2. The Balaban J connectivity index is 0.000000500. The molecule has 0 saturated carbocycles. The number of ether oxygens (including phenoxy) is 2. The number of methoxy groups -OCH3 is 1. The van der Waals surface area contributed by atoms with E-state index in [2.05, 4.69) is 28.2 Å². The number of carbonyl (C=O) groups excluding carboxylic acids is 3. The molecule has 3 rings (SSSR count). The van der Waals surface area contributed by atoms with Crippen molar-refractivity contribution in [3.05, 3.63) is 82.0 Å². The molecule has 0 fully saturated rings. The van der Waals surface area contributed by atoms with Crippen LogP contribution in [0.25, 0.3) is 0 Å². The van der Waals surface area contributed by atoms with E-state index >= 15 is 0 Å². The summed E-state index contributed by atoms with van der Waals surface area (Å²) in [4.78, 5) is 49.4. The maximum absolute atomic E-state index is 12.8. The van der Waals surface area contributed by atoms with Gasteiger partial charge in [0.15, 0.2) is 0 Å². The number of nitrogens with one attached hydrogen (secondary N) is 1. The molecule has 2 aliphatic rings. The fraction of sp³-hybridized carbons (Fsp3) is 0.370. The van der Waals surface area contributed by atoms with Crippen molar-refractivity contribution in [1.29, 1.82) is 0 Å². The van der Waals surface area contributed by atoms with E-state index in [1.54, 1.807) is 10.6 Å². The van der Waals surface area contributed by atoms with Crippen molar-refractivity contribution in [3.63, 3.8) is 0 Å². The van der Waals surface area contributed by atoms with Crippen LogP contribution in [0.4, 0.5) is 0 Å². The van der Waals surface area contributed by atoms with Crippen LogP contribution in [0.2, 0.25) is 0 Å². The van der Waals surface area contributed by atoms with Gasteiger partial charge in [-0.3, -0.25) is 24.2 Å². The van der Waals surface area contributed by atoms with Crippen LogP contribution in [0, 0.1) is 0 Å². The zero-order valence-corrected chi connectivity index (χ0v) is 21.7. The second kappa shape index (κ2) is 15.1. The highest BCUT2D eigenvalue weighted by Gasteiger charge is 2.22. The van der Waals surface area contributed by atoms with Crippen LogP contribution in [-0.4, -0.2) is 41.8 Å². The number of amides is 1. The lowest BCUT2D eigenvalue weighted by Crippen LogP contribution is -2.32. The third kappa shape index (κ3) is 8.98. The second-order valence-electron chi connectivity index (χ2n) is 7.62. The van der Waals surface area contributed by atoms with Crippen molar-refractivity contribution in [2.75, 3.05) is 13.7 Å². The first kappa shape index (κ1) is 30.0. The average Bonchev–Trinajstić information content (AvgIpc) is 2.85. The van der Waals surface area contributed by atoms with Crippen molar-refractivity contribution >= 4 is 23.6 Å². The number of carbonyl (C=O) groups is 3. The number of allylic oxidation sites excluding steroid dienone is 4. The SMILES string of the molecule is C=C/C=C1/N=C(C)Cc2cc3c(c(=O)n2C/C=C/C1=C)COC(=O)C3.CC.COC(=O)CNC(C)=O. The summed E-state index contributed by atoms with van der Waals surface area (Å²) in [5.41, 5.74) is 4.43. The molecule has 1 amide bonds. The van der Waals surface area contributed by atoms with Crippen LogP contribution >= 0.6 is 0 Å². The number of cyclic esters (lactones) is 1. The zero-order chi connectivity index (χ0) is 27.3. The van der Waals surface area contributed by atoms with E-state index < -0.39 is 5.97 Å². The molecular weight excluding hydrogens is 462 g/mol. The lowest BCUT2D eigenvalue weighted by molar-refractivity contribution is -0.145. The number of aromatic nitrogens is 1. The Bertz CT molecular complexity index is 1150. The number of fused-ring (bicyclic) bond motifs is 2. The van der Waals surface area contributed by atoms with E-state index in [0.717, 1.165) is 28.2 Å². The van der Waals surface area contributed by atoms with Crippen molar-refractivity contribution in [2.24, 2.45) is 4.99 Å². The molecule has 1 aromatic heterocycles. The van der Waals surface area contributed by atoms with Gasteiger partial charge in [0.2, 0.25) is 5.91 Å². The Labute approximate surface area is 211 Å². The third-order valence-corrected chi connectivity index (χ3v) is 4.96. The first-order valence-electron chi connectivity index (χ1n) is 11.6. The predicted molar refractivity (Wildman–Crippen MR) is 140 cm³/mol. The molecule has 0 saturated heterocycles. The average molecular weight is 498 g/mol. The fourth-order valence-electron chi connectivity index (χ4n) is 3.30. The molecule has 0 aliphatic carbocycles. The van der Waals surface area contributed by atoms with Gasteiger partial charge in [-0.1, -0.05) is 45.2 Å². The molecule has 0 radical (unpaired) electrons. The molecule has 36 heavy (non-hydrogen) atoms. The lowest BCUT2D eigenvalue weighted by Gasteiger charge is -2.21. The van der Waals surface area contributed by atoms with Gasteiger partial charge in [-0.15, -0.1) is 0 Å². The van der Waals surface area contributed by atoms with Crippen LogP contribution < -0.4 is 10.9 Å². The van der Waals surface area contributed by atoms with Crippen LogP contribution in [-0.2, 0) is 49.9 Å². The van der Waals surface area contributed by atoms with Gasteiger partial charge in [0.1, 0.15) is 13.2 Å². The van der Waals surface area contributed by atoms with E-state index in [0.29, 0.717) is 18.5 Å². The molecule has 1 N–H and O–H groups in total. The van der Waals surface area contributed by atoms with Crippen LogP contribution in [0.3, 0.4) is 0 Å². The highest BCUT2D eigenvalue weighted by molar-refractivity contribution is 5.85. The number of rotatable bonds is 3. The molecule has 9 heteroatoms. The van der Waals surface area contributed by atoms with E-state index in [1.165, 1.54) is 14.0 Å². The van der Waals surface area contributed by atoms with E-state index in [-0.39, 0.29) is 37.0 Å². The molecule has 194 valence electrons. The topological polar surface area (TPSA) is 116 Å². The molecule has 0 atom stereocenters. The van der Waals surface area contributed by atoms with Crippen molar-refractivity contribution < 1.29 is 23.9 Å². The number of hydrogen-bond acceptors (Lipinski definition) is 7. The summed E-state index contributed by atoms with van der Waals surface area (Å²) in [6, 6.07) is 1.93. The first-order valence-corrected chi connectivity index (χ1v) is 11.6. The molecule has 3 heterocycles. The van der Waals surface area contributed by atoms with Gasteiger partial charge in [-0.25, -0.2) is 0 Å². The number of hydrogen-bond donors (Lipinski definition) is 1. The minimum Gasteiger partial charge on any atom is -0.468 e. The Hall–Kier alpha value is -4.01. The van der Waals surface area contributed by atoms with Gasteiger partial charge < -0.3 is 19.4 Å². The van der Waals surface area contributed by atoms with E-state index in [4.69, 9.17) is 4.74 Å². The van der Waals surface area contributed by atoms with Crippen molar-refractivity contribution in [1.82, 2.24) is 9.88 Å². The van der Waals surface area contributed by atoms with E-state index in [1.807, 2.05) is 45.1 Å². The third-order valence-electron chi connectivity index (χ3n) is 4.96. The highest BCUT2D eigenvalue weighted by Crippen LogP contribution is 2.19. The Morgan fingerprint density at radius 2 is 1.97 bits per heavy atom. The van der Waals surface area contributed by atoms with E-state index in [9.17, 15) is 19.2 Å². The molecule has 0 unspecified atom stereocenters. The van der Waals surface area contributed by atoms with Gasteiger partial charge in [0.25, 0.3) is 5.56 Å². The summed E-state index contributed by atoms with van der Waals surface area (Å²) in [6.07, 6.45) is 7.90. The minimum atomic E-state index is -0.440. The standard InChI is InChI=1S/C20H20N2O3.C5H9NO3.C2H6/c1-4-6-18-13(2)7-5-8-22-16(9-14(3)21-18)10-15-11-19(23)25-12-17(15)20(22)24;1-4(7)6-3-5(8)9-2;1-2/h4-7,10H,1-2,8-9,11-12H2,3H3;3H2,1-2H3,(H,6,7);1-2H3/b7-5+,18-6+,21-14?;;. The highest BCUT2D eigenvalue weighted by atomic mass is 16.5. The van der Waals surface area contributed by atoms with Crippen LogP contribution in [0.5, 0.6) is 0 Å². The molecule has 0 aromatic carbocycles. The second-order valence-corrected chi connectivity index (χ2v) is 7.62.